The minimum Gasteiger partial charge on any atom is -0.504 e. The third kappa shape index (κ3) is 1.86. The van der Waals surface area contributed by atoms with E-state index in [1.54, 1.807) is 0 Å². The first-order valence-electron chi connectivity index (χ1n) is 6.27. The molecule has 0 spiro atoms. The maximum absolute atomic E-state index is 10.4. The van der Waals surface area contributed by atoms with E-state index in [4.69, 9.17) is 22.1 Å². The highest BCUT2D eigenvalue weighted by atomic mass is 35.5. The third-order valence-electron chi connectivity index (χ3n) is 4.02. The molecule has 3 nitrogen and oxygen atoms in total. The van der Waals surface area contributed by atoms with Crippen LogP contribution in [-0.2, 0) is 5.54 Å². The molecule has 2 rings (SSSR count). The molecule has 0 atom stereocenters. The van der Waals surface area contributed by atoms with Crippen LogP contribution >= 0.6 is 11.6 Å². The topological polar surface area (TPSA) is 55.5 Å². The second-order valence-corrected chi connectivity index (χ2v) is 5.56. The van der Waals surface area contributed by atoms with Gasteiger partial charge in [0.2, 0.25) is 0 Å². The van der Waals surface area contributed by atoms with Crippen LogP contribution in [0.25, 0.3) is 0 Å². The molecule has 1 aliphatic carbocycles. The maximum atomic E-state index is 10.4. The fourth-order valence-electron chi connectivity index (χ4n) is 3.07. The maximum Gasteiger partial charge on any atom is 0.165 e. The lowest BCUT2D eigenvalue weighted by Crippen LogP contribution is -2.34. The molecule has 1 aromatic rings. The van der Waals surface area contributed by atoms with Crippen molar-refractivity contribution in [3.63, 3.8) is 0 Å². The zero-order chi connectivity index (χ0) is 13.5. The number of aromatic hydroxyl groups is 1. The summed E-state index contributed by atoms with van der Waals surface area (Å²) >= 11 is 6.33. The Balaban J connectivity index is 2.70. The highest BCUT2D eigenvalue weighted by molar-refractivity contribution is 6.32. The summed E-state index contributed by atoms with van der Waals surface area (Å²) in [6.07, 6.45) is 3.93. The number of hydrogen-bond acceptors (Lipinski definition) is 3. The van der Waals surface area contributed by atoms with Crippen molar-refractivity contribution in [3.8, 4) is 11.5 Å². The third-order valence-corrected chi connectivity index (χ3v) is 4.59. The standard InChI is InChI=1S/C14H20ClNO2/c1-8-10(14(16)6-4-5-7-14)12(17)13(18-3)9(2)11(8)15/h17H,4-7,16H2,1-3H3. The fraction of sp³-hybridized carbons (Fsp3) is 0.571. The van der Waals surface area contributed by atoms with Crippen LogP contribution in [0.1, 0.15) is 42.4 Å². The zero-order valence-electron chi connectivity index (χ0n) is 11.1. The van der Waals surface area contributed by atoms with Crippen LogP contribution in [0.2, 0.25) is 5.02 Å². The lowest BCUT2D eigenvalue weighted by atomic mass is 9.84. The van der Waals surface area contributed by atoms with Gasteiger partial charge in [0.05, 0.1) is 12.1 Å². The van der Waals surface area contributed by atoms with Gasteiger partial charge >= 0.3 is 0 Å². The molecule has 0 saturated heterocycles. The van der Waals surface area contributed by atoms with Gasteiger partial charge in [0.1, 0.15) is 0 Å². The van der Waals surface area contributed by atoms with Crippen LogP contribution in [0.5, 0.6) is 11.5 Å². The predicted octanol–water partition coefficient (Wildman–Crippen LogP) is 3.40. The van der Waals surface area contributed by atoms with Gasteiger partial charge in [0.15, 0.2) is 11.5 Å². The van der Waals surface area contributed by atoms with Gasteiger partial charge in [-0.25, -0.2) is 0 Å². The second kappa shape index (κ2) is 4.63. The van der Waals surface area contributed by atoms with Gasteiger partial charge in [-0.3, -0.25) is 0 Å². The quantitative estimate of drug-likeness (QED) is 0.865. The molecule has 0 radical (unpaired) electrons. The first-order chi connectivity index (χ1) is 8.42. The number of ether oxygens (including phenoxy) is 1. The predicted molar refractivity (Wildman–Crippen MR) is 73.5 cm³/mol. The van der Waals surface area contributed by atoms with E-state index in [0.717, 1.165) is 42.4 Å². The highest BCUT2D eigenvalue weighted by Gasteiger charge is 2.37. The van der Waals surface area contributed by atoms with Crippen molar-refractivity contribution in [2.24, 2.45) is 5.73 Å². The van der Waals surface area contributed by atoms with Crippen molar-refractivity contribution in [1.29, 1.82) is 0 Å². The van der Waals surface area contributed by atoms with E-state index in [1.807, 2.05) is 13.8 Å². The summed E-state index contributed by atoms with van der Waals surface area (Å²) in [6, 6.07) is 0. The van der Waals surface area contributed by atoms with Crippen LogP contribution in [-0.4, -0.2) is 12.2 Å². The van der Waals surface area contributed by atoms with E-state index in [-0.39, 0.29) is 5.75 Å². The van der Waals surface area contributed by atoms with Crippen molar-refractivity contribution < 1.29 is 9.84 Å². The molecule has 0 heterocycles. The Morgan fingerprint density at radius 2 is 1.78 bits per heavy atom. The van der Waals surface area contributed by atoms with Crippen LogP contribution in [0.4, 0.5) is 0 Å². The molecule has 3 N–H and O–H groups in total. The average molecular weight is 270 g/mol. The Hall–Kier alpha value is -0.930. The van der Waals surface area contributed by atoms with E-state index in [2.05, 4.69) is 0 Å². The molecule has 18 heavy (non-hydrogen) atoms. The average Bonchev–Trinajstić information content (AvgIpc) is 2.75. The summed E-state index contributed by atoms with van der Waals surface area (Å²) in [5.41, 5.74) is 8.37. The van der Waals surface area contributed by atoms with E-state index in [9.17, 15) is 5.11 Å². The Morgan fingerprint density at radius 3 is 2.28 bits per heavy atom. The minimum atomic E-state index is -0.473. The number of rotatable bonds is 2. The second-order valence-electron chi connectivity index (χ2n) is 5.18. The molecular formula is C14H20ClNO2. The summed E-state index contributed by atoms with van der Waals surface area (Å²) in [4.78, 5) is 0. The fourth-order valence-corrected chi connectivity index (χ4v) is 3.25. The Kier molecular flexibility index (Phi) is 3.47. The normalized spacial score (nSPS) is 18.1. The molecule has 0 bridgehead atoms. The lowest BCUT2D eigenvalue weighted by molar-refractivity contribution is 0.352. The van der Waals surface area contributed by atoms with Crippen molar-refractivity contribution in [2.75, 3.05) is 7.11 Å². The number of halogens is 1. The summed E-state index contributed by atoms with van der Waals surface area (Å²) in [7, 11) is 1.54. The van der Waals surface area contributed by atoms with Gasteiger partial charge in [-0.2, -0.15) is 0 Å². The molecule has 1 saturated carbocycles. The van der Waals surface area contributed by atoms with Crippen molar-refractivity contribution in [2.45, 2.75) is 45.1 Å². The Labute approximate surface area is 113 Å². The number of phenols is 1. The van der Waals surface area contributed by atoms with Crippen LogP contribution in [0.15, 0.2) is 0 Å². The van der Waals surface area contributed by atoms with E-state index >= 15 is 0 Å². The summed E-state index contributed by atoms with van der Waals surface area (Å²) in [5.74, 6) is 0.596. The first-order valence-corrected chi connectivity index (χ1v) is 6.65. The minimum absolute atomic E-state index is 0.154. The first kappa shape index (κ1) is 13.5. The molecular weight excluding hydrogens is 250 g/mol. The van der Waals surface area contributed by atoms with Crippen molar-refractivity contribution >= 4 is 11.6 Å². The molecule has 4 heteroatoms. The number of hydrogen-bond donors (Lipinski definition) is 2. The molecule has 1 aliphatic rings. The molecule has 0 aliphatic heterocycles. The molecule has 1 aromatic carbocycles. The van der Waals surface area contributed by atoms with Crippen LogP contribution in [0.3, 0.4) is 0 Å². The van der Waals surface area contributed by atoms with Crippen LogP contribution in [0, 0.1) is 13.8 Å². The number of methoxy groups -OCH3 is 1. The van der Waals surface area contributed by atoms with Crippen molar-refractivity contribution in [1.82, 2.24) is 0 Å². The van der Waals surface area contributed by atoms with Crippen LogP contribution < -0.4 is 10.5 Å². The van der Waals surface area contributed by atoms with Gasteiger partial charge in [-0.1, -0.05) is 24.4 Å². The van der Waals surface area contributed by atoms with Crippen molar-refractivity contribution in [3.05, 3.63) is 21.7 Å². The van der Waals surface area contributed by atoms with Gasteiger partial charge in [-0.05, 0) is 32.3 Å². The van der Waals surface area contributed by atoms with Gasteiger partial charge in [0, 0.05) is 16.7 Å². The molecule has 0 unspecified atom stereocenters. The molecule has 0 aromatic heterocycles. The smallest absolute Gasteiger partial charge is 0.165 e. The van der Waals surface area contributed by atoms with E-state index < -0.39 is 5.54 Å². The lowest BCUT2D eigenvalue weighted by Gasteiger charge is -2.29. The zero-order valence-corrected chi connectivity index (χ0v) is 11.9. The Morgan fingerprint density at radius 1 is 1.22 bits per heavy atom. The van der Waals surface area contributed by atoms with E-state index in [0.29, 0.717) is 10.8 Å². The largest absolute Gasteiger partial charge is 0.504 e. The SMILES string of the molecule is COc1c(C)c(Cl)c(C)c(C2(N)CCCC2)c1O. The van der Waals surface area contributed by atoms with Gasteiger partial charge in [-0.15, -0.1) is 0 Å². The van der Waals surface area contributed by atoms with Gasteiger partial charge in [0.25, 0.3) is 0 Å². The molecule has 100 valence electrons. The number of benzene rings is 1. The Bertz CT molecular complexity index is 479. The summed E-state index contributed by atoms with van der Waals surface area (Å²) in [5, 5.41) is 11.1. The highest BCUT2D eigenvalue weighted by Crippen LogP contribution is 2.49. The van der Waals surface area contributed by atoms with Gasteiger partial charge < -0.3 is 15.6 Å². The number of phenolic OH excluding ortho intramolecular Hbond substituents is 1. The van der Waals surface area contributed by atoms with E-state index in [1.165, 1.54) is 7.11 Å². The summed E-state index contributed by atoms with van der Waals surface area (Å²) in [6.45, 7) is 3.76. The number of nitrogens with two attached hydrogens (primary N) is 1. The molecule has 1 fully saturated rings. The molecule has 0 amide bonds. The monoisotopic (exact) mass is 269 g/mol. The summed E-state index contributed by atoms with van der Waals surface area (Å²) < 4.78 is 5.27.